The van der Waals surface area contributed by atoms with Crippen LogP contribution in [0.3, 0.4) is 0 Å². The topological polar surface area (TPSA) is 41.6 Å². The van der Waals surface area contributed by atoms with E-state index in [1.54, 1.807) is 0 Å². The molecule has 0 saturated heterocycles. The Hall–Kier alpha value is -6.50. The van der Waals surface area contributed by atoms with Gasteiger partial charge in [0.2, 0.25) is 0 Å². The van der Waals surface area contributed by atoms with Crippen LogP contribution in [0.15, 0.2) is 164 Å². The zero-order valence-corrected chi connectivity index (χ0v) is 25.4. The first kappa shape index (κ1) is 26.9. The van der Waals surface area contributed by atoms with Crippen molar-refractivity contribution in [2.45, 2.75) is 0 Å². The molecule has 0 aliphatic carbocycles. The van der Waals surface area contributed by atoms with E-state index in [1.807, 2.05) is 36.4 Å². The van der Waals surface area contributed by atoms with Crippen LogP contribution in [0.25, 0.3) is 82.7 Å². The van der Waals surface area contributed by atoms with Gasteiger partial charge in [-0.3, -0.25) is 4.57 Å². The quantitative estimate of drug-likeness (QED) is 0.189. The van der Waals surface area contributed by atoms with E-state index < -0.39 is 0 Å². The largest absolute Gasteiger partial charge is 0.292 e. The molecular weight excluding hydrogens is 571 g/mol. The van der Waals surface area contributed by atoms with Crippen LogP contribution in [0.1, 0.15) is 5.56 Å². The monoisotopic (exact) mass is 597 g/mol. The number of benzene rings is 8. The summed E-state index contributed by atoms with van der Waals surface area (Å²) in [7, 11) is 0. The van der Waals surface area contributed by atoms with E-state index in [0.717, 1.165) is 33.7 Å². The second kappa shape index (κ2) is 10.8. The van der Waals surface area contributed by atoms with Crippen molar-refractivity contribution in [3.8, 4) is 45.4 Å². The van der Waals surface area contributed by atoms with Crippen molar-refractivity contribution in [1.29, 1.82) is 5.26 Å². The number of hydrogen-bond donors (Lipinski definition) is 0. The summed E-state index contributed by atoms with van der Waals surface area (Å²) in [6.07, 6.45) is 0. The Bertz CT molecular complexity index is 2640. The molecule has 3 heteroatoms. The van der Waals surface area contributed by atoms with Gasteiger partial charge in [0.15, 0.2) is 0 Å². The number of rotatable bonds is 4. The van der Waals surface area contributed by atoms with Crippen LogP contribution in [0.2, 0.25) is 0 Å². The molecule has 8 aromatic carbocycles. The normalized spacial score (nSPS) is 11.4. The molecular formula is C44H27N3. The maximum absolute atomic E-state index is 9.60. The molecule has 0 N–H and O–H groups in total. The second-order valence-corrected chi connectivity index (χ2v) is 11.9. The molecule has 3 nitrogen and oxygen atoms in total. The highest BCUT2D eigenvalue weighted by Crippen LogP contribution is 2.44. The molecule has 0 fully saturated rings. The highest BCUT2D eigenvalue weighted by Gasteiger charge is 2.19. The third-order valence-electron chi connectivity index (χ3n) is 9.18. The fraction of sp³-hybridized carbons (Fsp3) is 0. The molecule has 0 unspecified atom stereocenters. The Balaban J connectivity index is 1.31. The number of imidazole rings is 1. The molecule has 9 aromatic rings. The molecule has 0 atom stereocenters. The zero-order chi connectivity index (χ0) is 31.3. The number of nitriles is 1. The van der Waals surface area contributed by atoms with Gasteiger partial charge < -0.3 is 0 Å². The number of fused-ring (bicyclic) bond motifs is 4. The van der Waals surface area contributed by atoms with Crippen molar-refractivity contribution in [3.05, 3.63) is 169 Å². The Morgan fingerprint density at radius 3 is 1.74 bits per heavy atom. The second-order valence-electron chi connectivity index (χ2n) is 11.9. The molecule has 9 rings (SSSR count). The molecule has 218 valence electrons. The first-order valence-corrected chi connectivity index (χ1v) is 15.8. The minimum atomic E-state index is 0.597. The molecule has 0 aliphatic heterocycles. The van der Waals surface area contributed by atoms with Crippen LogP contribution in [0, 0.1) is 11.3 Å². The predicted octanol–water partition coefficient (Wildman–Crippen LogP) is 11.4. The van der Waals surface area contributed by atoms with Gasteiger partial charge in [-0.15, -0.1) is 0 Å². The fourth-order valence-corrected chi connectivity index (χ4v) is 7.09. The Morgan fingerprint density at radius 1 is 0.468 bits per heavy atom. The maximum atomic E-state index is 9.60. The van der Waals surface area contributed by atoms with Crippen molar-refractivity contribution in [3.63, 3.8) is 0 Å². The van der Waals surface area contributed by atoms with Crippen molar-refractivity contribution in [2.75, 3.05) is 0 Å². The van der Waals surface area contributed by atoms with Crippen LogP contribution in [-0.4, -0.2) is 9.55 Å². The van der Waals surface area contributed by atoms with Gasteiger partial charge in [-0.1, -0.05) is 127 Å². The minimum absolute atomic E-state index is 0.597. The molecule has 0 saturated carbocycles. The first-order chi connectivity index (χ1) is 23.3. The zero-order valence-electron chi connectivity index (χ0n) is 25.4. The van der Waals surface area contributed by atoms with E-state index in [1.165, 1.54) is 49.0 Å². The molecule has 0 bridgehead atoms. The summed E-state index contributed by atoms with van der Waals surface area (Å²) in [5.74, 6) is 0.842. The van der Waals surface area contributed by atoms with Gasteiger partial charge in [0, 0.05) is 11.3 Å². The van der Waals surface area contributed by atoms with Crippen molar-refractivity contribution < 1.29 is 0 Å². The Morgan fingerprint density at radius 2 is 1.06 bits per heavy atom. The van der Waals surface area contributed by atoms with Gasteiger partial charge in [0.1, 0.15) is 5.82 Å². The average molecular weight is 598 g/mol. The fourth-order valence-electron chi connectivity index (χ4n) is 7.09. The van der Waals surface area contributed by atoms with Gasteiger partial charge in [-0.2, -0.15) is 5.26 Å². The highest BCUT2D eigenvalue weighted by atomic mass is 15.1. The summed E-state index contributed by atoms with van der Waals surface area (Å²) in [5, 5.41) is 16.9. The lowest BCUT2D eigenvalue weighted by atomic mass is 9.85. The van der Waals surface area contributed by atoms with Crippen LogP contribution in [0.5, 0.6) is 0 Å². The van der Waals surface area contributed by atoms with E-state index in [0.29, 0.717) is 5.56 Å². The molecule has 47 heavy (non-hydrogen) atoms. The SMILES string of the molecule is N#Cc1ccc2c(c1)nc(-c1ccccc1)n2-c1cccc(-c2c3ccccc3c(-c3ccc4ccccc4c3)c3ccccc23)c1. The summed E-state index contributed by atoms with van der Waals surface area (Å²) >= 11 is 0. The summed E-state index contributed by atoms with van der Waals surface area (Å²) in [6, 6.07) is 59.9. The van der Waals surface area contributed by atoms with Crippen molar-refractivity contribution in [1.82, 2.24) is 9.55 Å². The van der Waals surface area contributed by atoms with Gasteiger partial charge in [-0.05, 0) is 91.0 Å². The van der Waals surface area contributed by atoms with Crippen molar-refractivity contribution in [2.24, 2.45) is 0 Å². The average Bonchev–Trinajstić information content (AvgIpc) is 3.53. The molecule has 1 aromatic heterocycles. The molecule has 0 spiro atoms. The Kier molecular flexibility index (Phi) is 6.19. The van der Waals surface area contributed by atoms with Gasteiger partial charge in [0.25, 0.3) is 0 Å². The predicted molar refractivity (Wildman–Crippen MR) is 195 cm³/mol. The summed E-state index contributed by atoms with van der Waals surface area (Å²) in [4.78, 5) is 5.05. The third kappa shape index (κ3) is 4.39. The standard InChI is InChI=1S/C44H27N3/c45-28-29-21-24-41-40(25-29)46-44(31-12-2-1-3-13-31)47(41)35-16-10-15-33(27-35)42-36-17-6-8-19-38(36)43(39-20-9-7-18-37(39)42)34-23-22-30-11-4-5-14-32(30)26-34/h1-27H. The molecule has 0 radical (unpaired) electrons. The number of hydrogen-bond acceptors (Lipinski definition) is 2. The number of nitrogens with zero attached hydrogens (tertiary/aromatic N) is 3. The number of aromatic nitrogens is 2. The van der Waals surface area contributed by atoms with Gasteiger partial charge in [-0.25, -0.2) is 4.98 Å². The first-order valence-electron chi connectivity index (χ1n) is 15.8. The molecule has 0 amide bonds. The lowest BCUT2D eigenvalue weighted by Gasteiger charge is -2.19. The summed E-state index contributed by atoms with van der Waals surface area (Å²) in [6.45, 7) is 0. The maximum Gasteiger partial charge on any atom is 0.145 e. The van der Waals surface area contributed by atoms with Gasteiger partial charge >= 0.3 is 0 Å². The Labute approximate surface area is 272 Å². The van der Waals surface area contributed by atoms with E-state index in [4.69, 9.17) is 4.98 Å². The smallest absolute Gasteiger partial charge is 0.145 e. The summed E-state index contributed by atoms with van der Waals surface area (Å²) in [5.41, 5.74) is 9.19. The lowest BCUT2D eigenvalue weighted by Crippen LogP contribution is -1.98. The van der Waals surface area contributed by atoms with Crippen LogP contribution in [-0.2, 0) is 0 Å². The van der Waals surface area contributed by atoms with Crippen LogP contribution < -0.4 is 0 Å². The van der Waals surface area contributed by atoms with Crippen LogP contribution >= 0.6 is 0 Å². The van der Waals surface area contributed by atoms with E-state index in [9.17, 15) is 5.26 Å². The third-order valence-corrected chi connectivity index (χ3v) is 9.18. The van der Waals surface area contributed by atoms with E-state index in [2.05, 4.69) is 138 Å². The van der Waals surface area contributed by atoms with Crippen LogP contribution in [0.4, 0.5) is 0 Å². The van der Waals surface area contributed by atoms with E-state index in [-0.39, 0.29) is 0 Å². The molecule has 0 aliphatic rings. The van der Waals surface area contributed by atoms with Gasteiger partial charge in [0.05, 0.1) is 22.7 Å². The van der Waals surface area contributed by atoms with Crippen molar-refractivity contribution >= 4 is 43.4 Å². The highest BCUT2D eigenvalue weighted by molar-refractivity contribution is 6.21. The molecule has 1 heterocycles. The minimum Gasteiger partial charge on any atom is -0.292 e. The van der Waals surface area contributed by atoms with E-state index >= 15 is 0 Å². The summed E-state index contributed by atoms with van der Waals surface area (Å²) < 4.78 is 2.21. The lowest BCUT2D eigenvalue weighted by molar-refractivity contribution is 1.10.